The van der Waals surface area contributed by atoms with Crippen molar-refractivity contribution in [3.63, 3.8) is 0 Å². The van der Waals surface area contributed by atoms with Gasteiger partial charge < -0.3 is 10.1 Å². The van der Waals surface area contributed by atoms with E-state index >= 15 is 0 Å². The van der Waals surface area contributed by atoms with E-state index < -0.39 is 0 Å². The number of hydrogen-bond acceptors (Lipinski definition) is 3. The summed E-state index contributed by atoms with van der Waals surface area (Å²) in [6, 6.07) is 6.46. The van der Waals surface area contributed by atoms with Crippen LogP contribution >= 0.6 is 11.6 Å². The Bertz CT molecular complexity index is 403. The smallest absolute Gasteiger partial charge is 0.124 e. The molecular formula is C15H23ClN2O. The average molecular weight is 283 g/mol. The first kappa shape index (κ1) is 14.6. The van der Waals surface area contributed by atoms with Crippen molar-refractivity contribution >= 4 is 11.6 Å². The van der Waals surface area contributed by atoms with Crippen LogP contribution in [0.4, 0.5) is 0 Å². The molecule has 1 fully saturated rings. The van der Waals surface area contributed by atoms with Crippen LogP contribution in [0.3, 0.4) is 0 Å². The monoisotopic (exact) mass is 282 g/mol. The predicted molar refractivity (Wildman–Crippen MR) is 80.0 cm³/mol. The molecule has 0 radical (unpaired) electrons. The molecule has 4 heteroatoms. The van der Waals surface area contributed by atoms with E-state index in [1.54, 1.807) is 7.11 Å². The maximum atomic E-state index is 6.30. The standard InChI is InChI=1S/C15H23ClN2O/c1-18(12-5-4-9-17-10-8-12)11-13-14(16)6-3-7-15(13)19-2/h3,6-7,12,17H,4-5,8-11H2,1-2H3. The summed E-state index contributed by atoms with van der Waals surface area (Å²) in [5.41, 5.74) is 1.09. The second-order valence-corrected chi connectivity index (χ2v) is 5.58. The van der Waals surface area contributed by atoms with Crippen molar-refractivity contribution in [1.29, 1.82) is 0 Å². The van der Waals surface area contributed by atoms with E-state index in [-0.39, 0.29) is 0 Å². The number of rotatable bonds is 4. The van der Waals surface area contributed by atoms with Gasteiger partial charge in [0.25, 0.3) is 0 Å². The molecule has 1 aliphatic rings. The SMILES string of the molecule is COc1cccc(Cl)c1CN(C)C1CCCNCC1. The molecular weight excluding hydrogens is 260 g/mol. The molecule has 0 aromatic heterocycles. The van der Waals surface area contributed by atoms with Gasteiger partial charge in [0.15, 0.2) is 0 Å². The number of ether oxygens (including phenoxy) is 1. The molecule has 1 N–H and O–H groups in total. The predicted octanol–water partition coefficient (Wildman–Crippen LogP) is 2.92. The molecule has 0 amide bonds. The highest BCUT2D eigenvalue weighted by molar-refractivity contribution is 6.31. The van der Waals surface area contributed by atoms with E-state index in [1.165, 1.54) is 19.3 Å². The number of hydrogen-bond donors (Lipinski definition) is 1. The Labute approximate surface area is 120 Å². The van der Waals surface area contributed by atoms with Crippen molar-refractivity contribution in [1.82, 2.24) is 10.2 Å². The molecule has 0 saturated carbocycles. The normalized spacial score (nSPS) is 20.3. The second-order valence-electron chi connectivity index (χ2n) is 5.17. The summed E-state index contributed by atoms with van der Waals surface area (Å²) >= 11 is 6.30. The number of methoxy groups -OCH3 is 1. The highest BCUT2D eigenvalue weighted by Gasteiger charge is 2.19. The minimum Gasteiger partial charge on any atom is -0.496 e. The Balaban J connectivity index is 2.07. The molecule has 2 rings (SSSR count). The molecule has 1 aromatic rings. The molecule has 1 atom stereocenters. The maximum Gasteiger partial charge on any atom is 0.124 e. The van der Waals surface area contributed by atoms with E-state index in [2.05, 4.69) is 17.3 Å². The first-order valence-corrected chi connectivity index (χ1v) is 7.32. The van der Waals surface area contributed by atoms with Gasteiger partial charge in [-0.25, -0.2) is 0 Å². The van der Waals surface area contributed by atoms with Crippen LogP contribution in [0.25, 0.3) is 0 Å². The number of nitrogens with one attached hydrogen (secondary N) is 1. The lowest BCUT2D eigenvalue weighted by Crippen LogP contribution is -2.32. The van der Waals surface area contributed by atoms with Crippen LogP contribution in [0.2, 0.25) is 5.02 Å². The highest BCUT2D eigenvalue weighted by Crippen LogP contribution is 2.28. The molecule has 1 unspecified atom stereocenters. The van der Waals surface area contributed by atoms with Crippen molar-refractivity contribution < 1.29 is 4.74 Å². The number of nitrogens with zero attached hydrogens (tertiary/aromatic N) is 1. The van der Waals surface area contributed by atoms with Crippen molar-refractivity contribution in [2.24, 2.45) is 0 Å². The van der Waals surface area contributed by atoms with Crippen LogP contribution in [0.5, 0.6) is 5.75 Å². The third kappa shape index (κ3) is 3.85. The Morgan fingerprint density at radius 1 is 1.37 bits per heavy atom. The zero-order valence-electron chi connectivity index (χ0n) is 11.8. The van der Waals surface area contributed by atoms with E-state index in [9.17, 15) is 0 Å². The molecule has 3 nitrogen and oxygen atoms in total. The maximum absolute atomic E-state index is 6.30. The lowest BCUT2D eigenvalue weighted by molar-refractivity contribution is 0.214. The molecule has 0 bridgehead atoms. The van der Waals surface area contributed by atoms with Gasteiger partial charge in [0.1, 0.15) is 5.75 Å². The van der Waals surface area contributed by atoms with Crippen LogP contribution in [0, 0.1) is 0 Å². The van der Waals surface area contributed by atoms with Crippen LogP contribution in [-0.2, 0) is 6.54 Å². The van der Waals surface area contributed by atoms with Crippen LogP contribution in [0.15, 0.2) is 18.2 Å². The topological polar surface area (TPSA) is 24.5 Å². The van der Waals surface area contributed by atoms with Gasteiger partial charge in [0.2, 0.25) is 0 Å². The molecule has 106 valence electrons. The van der Waals surface area contributed by atoms with Gasteiger partial charge in [0.05, 0.1) is 7.11 Å². The first-order chi connectivity index (χ1) is 9.22. The Kier molecular flexibility index (Phi) is 5.49. The van der Waals surface area contributed by atoms with Crippen LogP contribution in [-0.4, -0.2) is 38.2 Å². The minimum atomic E-state index is 0.621. The van der Waals surface area contributed by atoms with Gasteiger partial charge in [-0.2, -0.15) is 0 Å². The van der Waals surface area contributed by atoms with E-state index in [0.717, 1.165) is 36.0 Å². The first-order valence-electron chi connectivity index (χ1n) is 6.94. The molecule has 1 saturated heterocycles. The summed E-state index contributed by atoms with van der Waals surface area (Å²) < 4.78 is 5.42. The summed E-state index contributed by atoms with van der Waals surface area (Å²) in [5.74, 6) is 0.881. The zero-order chi connectivity index (χ0) is 13.7. The van der Waals surface area contributed by atoms with Gasteiger partial charge >= 0.3 is 0 Å². The van der Waals surface area contributed by atoms with Gasteiger partial charge in [0, 0.05) is 23.2 Å². The molecule has 19 heavy (non-hydrogen) atoms. The number of benzene rings is 1. The van der Waals surface area contributed by atoms with Crippen molar-refractivity contribution in [3.05, 3.63) is 28.8 Å². The Morgan fingerprint density at radius 2 is 2.21 bits per heavy atom. The van der Waals surface area contributed by atoms with E-state index in [1.807, 2.05) is 18.2 Å². The van der Waals surface area contributed by atoms with Crippen molar-refractivity contribution in [2.75, 3.05) is 27.2 Å². The minimum absolute atomic E-state index is 0.621. The lowest BCUT2D eigenvalue weighted by atomic mass is 10.1. The van der Waals surface area contributed by atoms with Crippen molar-refractivity contribution in [2.45, 2.75) is 31.8 Å². The molecule has 1 aliphatic heterocycles. The largest absolute Gasteiger partial charge is 0.496 e. The zero-order valence-corrected chi connectivity index (χ0v) is 12.5. The van der Waals surface area contributed by atoms with Gasteiger partial charge in [-0.05, 0) is 51.5 Å². The Hall–Kier alpha value is -0.770. The molecule has 1 heterocycles. The summed E-state index contributed by atoms with van der Waals surface area (Å²) in [5, 5.41) is 4.24. The average Bonchev–Trinajstić information content (AvgIpc) is 2.70. The Morgan fingerprint density at radius 3 is 3.00 bits per heavy atom. The third-order valence-electron chi connectivity index (χ3n) is 3.87. The fourth-order valence-corrected chi connectivity index (χ4v) is 2.93. The third-order valence-corrected chi connectivity index (χ3v) is 4.23. The second kappa shape index (κ2) is 7.13. The summed E-state index contributed by atoms with van der Waals surface area (Å²) in [4.78, 5) is 2.40. The van der Waals surface area contributed by atoms with Crippen LogP contribution in [0.1, 0.15) is 24.8 Å². The summed E-state index contributed by atoms with van der Waals surface area (Å²) in [7, 11) is 3.88. The fourth-order valence-electron chi connectivity index (χ4n) is 2.70. The van der Waals surface area contributed by atoms with Gasteiger partial charge in [-0.15, -0.1) is 0 Å². The van der Waals surface area contributed by atoms with Gasteiger partial charge in [-0.1, -0.05) is 17.7 Å². The molecule has 0 spiro atoms. The van der Waals surface area contributed by atoms with E-state index in [0.29, 0.717) is 6.04 Å². The van der Waals surface area contributed by atoms with Crippen molar-refractivity contribution in [3.8, 4) is 5.75 Å². The molecule has 1 aromatic carbocycles. The van der Waals surface area contributed by atoms with Crippen LogP contribution < -0.4 is 10.1 Å². The summed E-state index contributed by atoms with van der Waals surface area (Å²) in [6.07, 6.45) is 3.69. The fraction of sp³-hybridized carbons (Fsp3) is 0.600. The lowest BCUT2D eigenvalue weighted by Gasteiger charge is -2.27. The van der Waals surface area contributed by atoms with E-state index in [4.69, 9.17) is 16.3 Å². The van der Waals surface area contributed by atoms with Gasteiger partial charge in [-0.3, -0.25) is 4.90 Å². The highest BCUT2D eigenvalue weighted by atomic mass is 35.5. The number of halogens is 1. The summed E-state index contributed by atoms with van der Waals surface area (Å²) in [6.45, 7) is 3.09. The molecule has 0 aliphatic carbocycles. The quantitative estimate of drug-likeness (QED) is 0.919.